The van der Waals surface area contributed by atoms with Crippen molar-refractivity contribution < 1.29 is 23.9 Å². The van der Waals surface area contributed by atoms with Gasteiger partial charge in [-0.3, -0.25) is 9.59 Å². The molecule has 150 valence electrons. The van der Waals surface area contributed by atoms with Gasteiger partial charge in [0, 0.05) is 17.6 Å². The average Bonchev–Trinajstić information content (AvgIpc) is 3.02. The Hall–Kier alpha value is -2.47. The third-order valence-electron chi connectivity index (χ3n) is 5.56. The minimum absolute atomic E-state index is 0.123. The fourth-order valence-corrected chi connectivity index (χ4v) is 4.01. The number of nitrogens with zero attached hydrogens (tertiary/aromatic N) is 1. The maximum atomic E-state index is 12.3. The molecule has 2 atom stereocenters. The Labute approximate surface area is 165 Å². The van der Waals surface area contributed by atoms with Crippen LogP contribution in [-0.4, -0.2) is 37.1 Å². The van der Waals surface area contributed by atoms with Gasteiger partial charge in [-0.05, 0) is 43.5 Å². The third kappa shape index (κ3) is 4.02. The van der Waals surface area contributed by atoms with Crippen molar-refractivity contribution in [1.82, 2.24) is 0 Å². The summed E-state index contributed by atoms with van der Waals surface area (Å²) in [4.78, 5) is 36.8. The highest BCUT2D eigenvalue weighted by Gasteiger charge is 2.46. The predicted molar refractivity (Wildman–Crippen MR) is 105 cm³/mol. The standard InChI is InChI=1S/C22H27NO5/c1-3-5-18-22(12-4-2,15-28-18)13-14-27-21(26)16-6-8-17(9-7-16)23-19(24)10-11-20(23)25/h6-11,18H,3-5,12-15H2,1-2H3. The fraction of sp³-hybridized carbons (Fsp3) is 0.500. The van der Waals surface area contributed by atoms with Gasteiger partial charge < -0.3 is 9.47 Å². The second-order valence-corrected chi connectivity index (χ2v) is 7.48. The lowest BCUT2D eigenvalue weighted by atomic mass is 9.71. The Bertz CT molecular complexity index is 752. The minimum Gasteiger partial charge on any atom is -0.462 e. The molecule has 6 nitrogen and oxygen atoms in total. The number of hydrogen-bond donors (Lipinski definition) is 0. The number of ether oxygens (including phenoxy) is 2. The van der Waals surface area contributed by atoms with Crippen LogP contribution in [-0.2, 0) is 19.1 Å². The SMILES string of the molecule is CCCC1OCC1(CCC)CCOC(=O)c1ccc(N2C(=O)C=CC2=O)cc1. The maximum absolute atomic E-state index is 12.3. The van der Waals surface area contributed by atoms with Gasteiger partial charge >= 0.3 is 5.97 Å². The summed E-state index contributed by atoms with van der Waals surface area (Å²) >= 11 is 0. The number of carbonyl (C=O) groups is 3. The number of amides is 2. The summed E-state index contributed by atoms with van der Waals surface area (Å²) in [5, 5.41) is 0. The van der Waals surface area contributed by atoms with Crippen LogP contribution in [0.25, 0.3) is 0 Å². The fourth-order valence-electron chi connectivity index (χ4n) is 4.01. The molecule has 1 fully saturated rings. The van der Waals surface area contributed by atoms with Crippen molar-refractivity contribution in [2.45, 2.75) is 52.1 Å². The molecule has 2 unspecified atom stereocenters. The van der Waals surface area contributed by atoms with Gasteiger partial charge in [-0.15, -0.1) is 0 Å². The summed E-state index contributed by atoms with van der Waals surface area (Å²) in [6, 6.07) is 6.31. The molecule has 0 aromatic heterocycles. The molecule has 1 aromatic rings. The van der Waals surface area contributed by atoms with Crippen molar-refractivity contribution in [3.05, 3.63) is 42.0 Å². The molecular formula is C22H27NO5. The summed E-state index contributed by atoms with van der Waals surface area (Å²) in [5.41, 5.74) is 0.959. The Balaban J connectivity index is 1.55. The molecular weight excluding hydrogens is 358 g/mol. The van der Waals surface area contributed by atoms with E-state index in [-0.39, 0.29) is 23.3 Å². The van der Waals surface area contributed by atoms with Crippen LogP contribution < -0.4 is 4.90 Å². The summed E-state index contributed by atoms with van der Waals surface area (Å²) in [6.07, 6.45) is 7.81. The van der Waals surface area contributed by atoms with Gasteiger partial charge in [0.25, 0.3) is 11.8 Å². The number of rotatable bonds is 9. The van der Waals surface area contributed by atoms with Crippen molar-refractivity contribution in [3.8, 4) is 0 Å². The molecule has 3 rings (SSSR count). The first-order chi connectivity index (χ1) is 13.5. The number of hydrogen-bond acceptors (Lipinski definition) is 5. The molecule has 2 aliphatic heterocycles. The van der Waals surface area contributed by atoms with Gasteiger partial charge in [0.1, 0.15) is 0 Å². The molecule has 0 bridgehead atoms. The lowest BCUT2D eigenvalue weighted by molar-refractivity contribution is -0.200. The normalized spacial score (nSPS) is 23.8. The first-order valence-electron chi connectivity index (χ1n) is 9.95. The van der Waals surface area contributed by atoms with Crippen molar-refractivity contribution >= 4 is 23.5 Å². The van der Waals surface area contributed by atoms with Gasteiger partial charge in [-0.2, -0.15) is 0 Å². The number of carbonyl (C=O) groups excluding carboxylic acids is 3. The van der Waals surface area contributed by atoms with E-state index in [0.717, 1.165) is 43.6 Å². The van der Waals surface area contributed by atoms with E-state index in [1.165, 1.54) is 12.2 Å². The zero-order valence-electron chi connectivity index (χ0n) is 16.5. The number of esters is 1. The average molecular weight is 385 g/mol. The molecule has 0 saturated carbocycles. The van der Waals surface area contributed by atoms with Crippen LogP contribution in [0.5, 0.6) is 0 Å². The molecule has 28 heavy (non-hydrogen) atoms. The van der Waals surface area contributed by atoms with E-state index >= 15 is 0 Å². The smallest absolute Gasteiger partial charge is 0.338 e. The second-order valence-electron chi connectivity index (χ2n) is 7.48. The largest absolute Gasteiger partial charge is 0.462 e. The van der Waals surface area contributed by atoms with Crippen LogP contribution in [0.2, 0.25) is 0 Å². The van der Waals surface area contributed by atoms with E-state index in [1.807, 2.05) is 0 Å². The maximum Gasteiger partial charge on any atom is 0.338 e. The Kier molecular flexibility index (Phi) is 6.29. The highest BCUT2D eigenvalue weighted by molar-refractivity contribution is 6.28. The van der Waals surface area contributed by atoms with Crippen LogP contribution >= 0.6 is 0 Å². The van der Waals surface area contributed by atoms with Crippen molar-refractivity contribution in [1.29, 1.82) is 0 Å². The zero-order chi connectivity index (χ0) is 20.1. The molecule has 0 spiro atoms. The van der Waals surface area contributed by atoms with Gasteiger partial charge in [-0.25, -0.2) is 9.69 Å². The summed E-state index contributed by atoms with van der Waals surface area (Å²) in [7, 11) is 0. The highest BCUT2D eigenvalue weighted by atomic mass is 16.5. The zero-order valence-corrected chi connectivity index (χ0v) is 16.5. The van der Waals surface area contributed by atoms with E-state index in [0.29, 0.717) is 17.9 Å². The van der Waals surface area contributed by atoms with Crippen LogP contribution in [0.3, 0.4) is 0 Å². The molecule has 0 aliphatic carbocycles. The molecule has 1 saturated heterocycles. The minimum atomic E-state index is -0.400. The third-order valence-corrected chi connectivity index (χ3v) is 5.56. The van der Waals surface area contributed by atoms with Crippen LogP contribution in [0.4, 0.5) is 5.69 Å². The molecule has 1 aromatic carbocycles. The highest BCUT2D eigenvalue weighted by Crippen LogP contribution is 2.44. The number of anilines is 1. The summed E-state index contributed by atoms with van der Waals surface area (Å²) in [5.74, 6) is -1.17. The van der Waals surface area contributed by atoms with E-state index in [1.54, 1.807) is 24.3 Å². The molecule has 2 amide bonds. The Morgan fingerprint density at radius 3 is 2.32 bits per heavy atom. The number of benzene rings is 1. The van der Waals surface area contributed by atoms with Crippen LogP contribution in [0, 0.1) is 5.41 Å². The van der Waals surface area contributed by atoms with Gasteiger partial charge in [0.15, 0.2) is 0 Å². The number of imide groups is 1. The van der Waals surface area contributed by atoms with Crippen molar-refractivity contribution in [2.75, 3.05) is 18.1 Å². The molecule has 6 heteroatoms. The van der Waals surface area contributed by atoms with E-state index in [9.17, 15) is 14.4 Å². The van der Waals surface area contributed by atoms with Crippen LogP contribution in [0.1, 0.15) is 56.3 Å². The predicted octanol–water partition coefficient (Wildman–Crippen LogP) is 3.65. The van der Waals surface area contributed by atoms with Gasteiger partial charge in [0.05, 0.1) is 30.6 Å². The van der Waals surface area contributed by atoms with E-state index < -0.39 is 5.97 Å². The second kappa shape index (κ2) is 8.69. The molecule has 0 N–H and O–H groups in total. The molecule has 2 heterocycles. The van der Waals surface area contributed by atoms with E-state index in [2.05, 4.69) is 13.8 Å². The first kappa shape index (κ1) is 20.3. The van der Waals surface area contributed by atoms with Crippen molar-refractivity contribution in [2.24, 2.45) is 5.41 Å². The van der Waals surface area contributed by atoms with Gasteiger partial charge in [0.2, 0.25) is 0 Å². The molecule has 0 radical (unpaired) electrons. The van der Waals surface area contributed by atoms with Gasteiger partial charge in [-0.1, -0.05) is 26.7 Å². The monoisotopic (exact) mass is 385 g/mol. The van der Waals surface area contributed by atoms with Crippen molar-refractivity contribution in [3.63, 3.8) is 0 Å². The Morgan fingerprint density at radius 2 is 1.79 bits per heavy atom. The van der Waals surface area contributed by atoms with Crippen LogP contribution in [0.15, 0.2) is 36.4 Å². The first-order valence-corrected chi connectivity index (χ1v) is 9.95. The lowest BCUT2D eigenvalue weighted by Crippen LogP contribution is -2.52. The Morgan fingerprint density at radius 1 is 1.11 bits per heavy atom. The summed E-state index contributed by atoms with van der Waals surface area (Å²) < 4.78 is 11.2. The quantitative estimate of drug-likeness (QED) is 0.479. The molecule has 2 aliphatic rings. The summed E-state index contributed by atoms with van der Waals surface area (Å²) in [6.45, 7) is 5.42. The topological polar surface area (TPSA) is 72.9 Å². The van der Waals surface area contributed by atoms with E-state index in [4.69, 9.17) is 9.47 Å². The lowest BCUT2D eigenvalue weighted by Gasteiger charge is -2.49.